The number of fused-ring (bicyclic) bond motifs is 1. The molecule has 0 spiro atoms. The summed E-state index contributed by atoms with van der Waals surface area (Å²) >= 11 is 0. The molecule has 0 unspecified atom stereocenters. The molecule has 0 saturated heterocycles. The summed E-state index contributed by atoms with van der Waals surface area (Å²) in [4.78, 5) is 34.2. The molecule has 4 rings (SSSR count). The number of furan rings is 1. The Hall–Kier alpha value is -3.19. The van der Waals surface area contributed by atoms with Crippen molar-refractivity contribution in [3.05, 3.63) is 69.5 Å². The van der Waals surface area contributed by atoms with Crippen LogP contribution in [0.5, 0.6) is 0 Å². The minimum absolute atomic E-state index is 0.148. The maximum absolute atomic E-state index is 12.6. The van der Waals surface area contributed by atoms with E-state index in [2.05, 4.69) is 33.1 Å². The fourth-order valence-electron chi connectivity index (χ4n) is 3.67. The number of benzene rings is 1. The maximum Gasteiger partial charge on any atom is 0.342 e. The molecule has 7 nitrogen and oxygen atoms in total. The molecule has 0 aliphatic carbocycles. The third-order valence-electron chi connectivity index (χ3n) is 5.08. The number of esters is 1. The maximum atomic E-state index is 12.6. The zero-order chi connectivity index (χ0) is 20.4. The van der Waals surface area contributed by atoms with E-state index in [0.717, 1.165) is 19.5 Å². The van der Waals surface area contributed by atoms with Crippen LogP contribution in [0.25, 0.3) is 16.7 Å². The highest BCUT2D eigenvalue weighted by atomic mass is 16.5. The molecule has 2 aromatic heterocycles. The van der Waals surface area contributed by atoms with E-state index in [4.69, 9.17) is 9.15 Å². The number of carbonyl (C=O) groups excluding carboxylic acids is 1. The molecule has 1 aliphatic rings. The second-order valence-electron chi connectivity index (χ2n) is 7.03. The van der Waals surface area contributed by atoms with E-state index in [9.17, 15) is 9.59 Å². The first-order chi connectivity index (χ1) is 14.1. The Morgan fingerprint density at radius 3 is 2.79 bits per heavy atom. The van der Waals surface area contributed by atoms with E-state index in [0.29, 0.717) is 18.1 Å². The number of H-pyrrole nitrogens is 1. The summed E-state index contributed by atoms with van der Waals surface area (Å²) in [6.07, 6.45) is 3.15. The molecule has 0 bridgehead atoms. The van der Waals surface area contributed by atoms with E-state index < -0.39 is 5.97 Å². The van der Waals surface area contributed by atoms with Gasteiger partial charge in [0.15, 0.2) is 0 Å². The van der Waals surface area contributed by atoms with Crippen LogP contribution in [0.2, 0.25) is 0 Å². The van der Waals surface area contributed by atoms with Crippen LogP contribution in [0.1, 0.15) is 40.9 Å². The van der Waals surface area contributed by atoms with Gasteiger partial charge in [-0.1, -0.05) is 36.4 Å². The molecule has 1 aliphatic heterocycles. The minimum Gasteiger partial charge on any atom is -0.462 e. The topological polar surface area (TPSA) is 88.4 Å². The smallest absolute Gasteiger partial charge is 0.342 e. The number of rotatable bonds is 5. The Labute approximate surface area is 168 Å². The SMILES string of the molecule is CCOC(=O)c1c(C)oc2nc(CN3CC=C(c4ccccc4)CC3)[nH]c(=O)c12. The molecule has 3 heterocycles. The Morgan fingerprint density at radius 2 is 2.10 bits per heavy atom. The summed E-state index contributed by atoms with van der Waals surface area (Å²) in [6, 6.07) is 10.3. The lowest BCUT2D eigenvalue weighted by molar-refractivity contribution is 0.0526. The molecule has 7 heteroatoms. The average molecular weight is 393 g/mol. The first kappa shape index (κ1) is 19.1. The van der Waals surface area contributed by atoms with Crippen LogP contribution in [0.4, 0.5) is 0 Å². The summed E-state index contributed by atoms with van der Waals surface area (Å²) in [5.74, 6) is 0.281. The van der Waals surface area contributed by atoms with Crippen molar-refractivity contribution < 1.29 is 13.9 Å². The zero-order valence-corrected chi connectivity index (χ0v) is 16.5. The molecule has 150 valence electrons. The largest absolute Gasteiger partial charge is 0.462 e. The van der Waals surface area contributed by atoms with Gasteiger partial charge in [0, 0.05) is 13.1 Å². The summed E-state index contributed by atoms with van der Waals surface area (Å²) < 4.78 is 10.6. The van der Waals surface area contributed by atoms with Crippen molar-refractivity contribution in [2.75, 3.05) is 19.7 Å². The van der Waals surface area contributed by atoms with Crippen LogP contribution in [-0.4, -0.2) is 40.5 Å². The van der Waals surface area contributed by atoms with Gasteiger partial charge < -0.3 is 14.1 Å². The van der Waals surface area contributed by atoms with Gasteiger partial charge in [-0.3, -0.25) is 9.69 Å². The fraction of sp³-hybridized carbons (Fsp3) is 0.318. The third-order valence-corrected chi connectivity index (χ3v) is 5.08. The zero-order valence-electron chi connectivity index (χ0n) is 16.5. The Morgan fingerprint density at radius 1 is 1.31 bits per heavy atom. The van der Waals surface area contributed by atoms with E-state index in [1.165, 1.54) is 11.1 Å². The molecular weight excluding hydrogens is 370 g/mol. The van der Waals surface area contributed by atoms with E-state index >= 15 is 0 Å². The number of carbonyl (C=O) groups is 1. The van der Waals surface area contributed by atoms with Crippen molar-refractivity contribution >= 4 is 22.6 Å². The number of aromatic amines is 1. The number of nitrogens with one attached hydrogen (secondary N) is 1. The number of aryl methyl sites for hydroxylation is 1. The van der Waals surface area contributed by atoms with Gasteiger partial charge in [-0.05, 0) is 31.4 Å². The van der Waals surface area contributed by atoms with Gasteiger partial charge in [-0.25, -0.2) is 4.79 Å². The summed E-state index contributed by atoms with van der Waals surface area (Å²) in [5.41, 5.74) is 2.51. The Balaban J connectivity index is 1.55. The number of hydrogen-bond donors (Lipinski definition) is 1. The van der Waals surface area contributed by atoms with Crippen LogP contribution in [0.3, 0.4) is 0 Å². The van der Waals surface area contributed by atoms with Gasteiger partial charge in [0.05, 0.1) is 13.2 Å². The first-order valence-electron chi connectivity index (χ1n) is 9.73. The van der Waals surface area contributed by atoms with Gasteiger partial charge in [0.2, 0.25) is 5.71 Å². The first-order valence-corrected chi connectivity index (χ1v) is 9.73. The van der Waals surface area contributed by atoms with Crippen LogP contribution < -0.4 is 5.56 Å². The summed E-state index contributed by atoms with van der Waals surface area (Å²) in [6.45, 7) is 5.71. The standard InChI is InChI=1S/C22H23N3O4/c1-3-28-22(27)18-14(2)29-21-19(18)20(26)23-17(24-21)13-25-11-9-16(10-12-25)15-7-5-4-6-8-15/h4-9H,3,10-13H2,1-2H3,(H,23,24,26). The second kappa shape index (κ2) is 8.05. The predicted molar refractivity (Wildman–Crippen MR) is 110 cm³/mol. The Kier molecular flexibility index (Phi) is 5.31. The van der Waals surface area contributed by atoms with Gasteiger partial charge in [0.1, 0.15) is 22.5 Å². The predicted octanol–water partition coefficient (Wildman–Crippen LogP) is 3.29. The highest BCUT2D eigenvalue weighted by Crippen LogP contribution is 2.24. The monoisotopic (exact) mass is 393 g/mol. The van der Waals surface area contributed by atoms with Gasteiger partial charge in [-0.15, -0.1) is 0 Å². The van der Waals surface area contributed by atoms with E-state index in [-0.39, 0.29) is 28.8 Å². The fourth-order valence-corrected chi connectivity index (χ4v) is 3.67. The molecule has 0 saturated carbocycles. The molecule has 29 heavy (non-hydrogen) atoms. The highest BCUT2D eigenvalue weighted by Gasteiger charge is 2.24. The molecule has 0 fully saturated rings. The van der Waals surface area contributed by atoms with E-state index in [1.54, 1.807) is 13.8 Å². The van der Waals surface area contributed by atoms with Crippen molar-refractivity contribution in [2.45, 2.75) is 26.8 Å². The number of nitrogens with zero attached hydrogens (tertiary/aromatic N) is 2. The second-order valence-corrected chi connectivity index (χ2v) is 7.03. The van der Waals surface area contributed by atoms with Crippen LogP contribution in [0.15, 0.2) is 45.6 Å². The lowest BCUT2D eigenvalue weighted by Crippen LogP contribution is -2.30. The highest BCUT2D eigenvalue weighted by molar-refractivity contribution is 6.03. The van der Waals surface area contributed by atoms with Crippen LogP contribution in [-0.2, 0) is 11.3 Å². The number of hydrogen-bond acceptors (Lipinski definition) is 6. The van der Waals surface area contributed by atoms with Crippen molar-refractivity contribution in [1.82, 2.24) is 14.9 Å². The molecule has 0 atom stereocenters. The molecule has 1 aromatic carbocycles. The van der Waals surface area contributed by atoms with Crippen molar-refractivity contribution in [1.29, 1.82) is 0 Å². The normalized spacial score (nSPS) is 14.8. The van der Waals surface area contributed by atoms with Gasteiger partial charge >= 0.3 is 5.97 Å². The number of aromatic nitrogens is 2. The summed E-state index contributed by atoms with van der Waals surface area (Å²) in [7, 11) is 0. The van der Waals surface area contributed by atoms with Crippen molar-refractivity contribution in [2.24, 2.45) is 0 Å². The lowest BCUT2D eigenvalue weighted by atomic mass is 10.00. The number of ether oxygens (including phenoxy) is 1. The van der Waals surface area contributed by atoms with Crippen LogP contribution in [0, 0.1) is 6.92 Å². The van der Waals surface area contributed by atoms with Crippen molar-refractivity contribution in [3.63, 3.8) is 0 Å². The quantitative estimate of drug-likeness (QED) is 0.669. The molecular formula is C22H23N3O4. The van der Waals surface area contributed by atoms with Crippen LogP contribution >= 0.6 is 0 Å². The lowest BCUT2D eigenvalue weighted by Gasteiger charge is -2.25. The molecule has 0 amide bonds. The average Bonchev–Trinajstić information content (AvgIpc) is 3.06. The molecule has 3 aromatic rings. The van der Waals surface area contributed by atoms with Gasteiger partial charge in [0.25, 0.3) is 5.56 Å². The third kappa shape index (κ3) is 3.86. The van der Waals surface area contributed by atoms with Gasteiger partial charge in [-0.2, -0.15) is 4.98 Å². The molecule has 1 N–H and O–H groups in total. The Bertz CT molecular complexity index is 1130. The summed E-state index contributed by atoms with van der Waals surface area (Å²) in [5, 5.41) is 0.148. The van der Waals surface area contributed by atoms with E-state index in [1.807, 2.05) is 18.2 Å². The minimum atomic E-state index is -0.571. The molecule has 0 radical (unpaired) electrons. The van der Waals surface area contributed by atoms with Crippen molar-refractivity contribution in [3.8, 4) is 0 Å².